The van der Waals surface area contributed by atoms with Crippen LogP contribution in [0, 0.1) is 11.8 Å². The van der Waals surface area contributed by atoms with Gasteiger partial charge in [-0.05, 0) is 48.8 Å². The molecule has 0 bridgehead atoms. The van der Waals surface area contributed by atoms with Crippen LogP contribution in [-0.2, 0) is 11.3 Å². The molecule has 2 unspecified atom stereocenters. The summed E-state index contributed by atoms with van der Waals surface area (Å²) >= 11 is 0. The first kappa shape index (κ1) is 14.1. The zero-order chi connectivity index (χ0) is 13.8. The fourth-order valence-corrected chi connectivity index (χ4v) is 3.02. The number of carboxylic acids is 1. The summed E-state index contributed by atoms with van der Waals surface area (Å²) in [5.41, 5.74) is 1.26. The maximum Gasteiger partial charge on any atom is 0.335 e. The van der Waals surface area contributed by atoms with Gasteiger partial charge in [-0.25, -0.2) is 4.79 Å². The molecule has 0 amide bonds. The van der Waals surface area contributed by atoms with Crippen LogP contribution in [0.4, 0.5) is 0 Å². The van der Waals surface area contributed by atoms with E-state index < -0.39 is 5.97 Å². The van der Waals surface area contributed by atoms with Gasteiger partial charge in [0.2, 0.25) is 0 Å². The minimum atomic E-state index is -0.887. The summed E-state index contributed by atoms with van der Waals surface area (Å²) in [7, 11) is 0. The minimum absolute atomic E-state index is 0.312. The Labute approximate surface area is 114 Å². The third-order valence-electron chi connectivity index (χ3n) is 3.79. The van der Waals surface area contributed by atoms with Crippen molar-refractivity contribution in [1.29, 1.82) is 0 Å². The molecule has 19 heavy (non-hydrogen) atoms. The molecule has 1 aliphatic carbocycles. The first-order chi connectivity index (χ1) is 9.04. The Morgan fingerprint density at radius 3 is 2.58 bits per heavy atom. The van der Waals surface area contributed by atoms with Crippen molar-refractivity contribution in [3.63, 3.8) is 0 Å². The molecule has 1 aromatic rings. The largest absolute Gasteiger partial charge is 0.478 e. The number of aromatic carboxylic acids is 1. The summed E-state index contributed by atoms with van der Waals surface area (Å²) in [5.74, 6) is 0.556. The molecule has 0 saturated heterocycles. The highest BCUT2D eigenvalue weighted by atomic mass is 16.5. The van der Waals surface area contributed by atoms with E-state index in [1.807, 2.05) is 6.07 Å². The second-order valence-corrected chi connectivity index (χ2v) is 5.86. The lowest BCUT2D eigenvalue weighted by atomic mass is 9.82. The molecule has 2 rings (SSSR count). The van der Waals surface area contributed by atoms with Crippen molar-refractivity contribution in [3.8, 4) is 0 Å². The molecule has 1 fully saturated rings. The maximum absolute atomic E-state index is 10.9. The van der Waals surface area contributed by atoms with Crippen molar-refractivity contribution in [2.24, 2.45) is 11.8 Å². The Morgan fingerprint density at radius 2 is 1.95 bits per heavy atom. The van der Waals surface area contributed by atoms with Crippen molar-refractivity contribution in [1.82, 2.24) is 0 Å². The zero-order valence-electron chi connectivity index (χ0n) is 11.6. The number of benzene rings is 1. The first-order valence-electron chi connectivity index (χ1n) is 6.98. The number of ether oxygens (including phenoxy) is 1. The highest BCUT2D eigenvalue weighted by Gasteiger charge is 2.24. The molecule has 0 radical (unpaired) electrons. The monoisotopic (exact) mass is 262 g/mol. The van der Waals surface area contributed by atoms with E-state index in [-0.39, 0.29) is 0 Å². The zero-order valence-corrected chi connectivity index (χ0v) is 11.6. The van der Waals surface area contributed by atoms with Gasteiger partial charge >= 0.3 is 5.97 Å². The molecule has 1 saturated carbocycles. The molecule has 104 valence electrons. The Hall–Kier alpha value is -1.35. The molecule has 1 N–H and O–H groups in total. The molecule has 0 aliphatic heterocycles. The van der Waals surface area contributed by atoms with Crippen LogP contribution in [0.3, 0.4) is 0 Å². The molecular formula is C16H22O3. The predicted octanol–water partition coefficient (Wildman–Crippen LogP) is 3.73. The molecular weight excluding hydrogens is 240 g/mol. The van der Waals surface area contributed by atoms with Gasteiger partial charge in [-0.1, -0.05) is 26.0 Å². The Balaban J connectivity index is 1.91. The molecule has 0 aromatic heterocycles. The van der Waals surface area contributed by atoms with Gasteiger partial charge in [0.25, 0.3) is 0 Å². The normalized spacial score (nSPS) is 27.2. The Morgan fingerprint density at radius 1 is 1.26 bits per heavy atom. The van der Waals surface area contributed by atoms with E-state index in [9.17, 15) is 4.79 Å². The predicted molar refractivity (Wildman–Crippen MR) is 74.2 cm³/mol. The van der Waals surface area contributed by atoms with Crippen molar-refractivity contribution in [2.75, 3.05) is 0 Å². The minimum Gasteiger partial charge on any atom is -0.478 e. The SMILES string of the molecule is CC1CC(C)CC(OCc2cccc(C(=O)O)c2)C1. The van der Waals surface area contributed by atoms with Gasteiger partial charge < -0.3 is 9.84 Å². The lowest BCUT2D eigenvalue weighted by Gasteiger charge is -2.31. The third kappa shape index (κ3) is 4.06. The lowest BCUT2D eigenvalue weighted by Crippen LogP contribution is -2.26. The molecule has 3 nitrogen and oxygen atoms in total. The van der Waals surface area contributed by atoms with E-state index in [0.717, 1.165) is 30.2 Å². The van der Waals surface area contributed by atoms with Crippen molar-refractivity contribution < 1.29 is 14.6 Å². The van der Waals surface area contributed by atoms with Crippen molar-refractivity contribution >= 4 is 5.97 Å². The maximum atomic E-state index is 10.9. The third-order valence-corrected chi connectivity index (χ3v) is 3.79. The van der Waals surface area contributed by atoms with E-state index in [4.69, 9.17) is 9.84 Å². The molecule has 0 heterocycles. The molecule has 1 aromatic carbocycles. The van der Waals surface area contributed by atoms with Gasteiger partial charge in [-0.15, -0.1) is 0 Å². The smallest absolute Gasteiger partial charge is 0.335 e. The Bertz CT molecular complexity index is 431. The average molecular weight is 262 g/mol. The fraction of sp³-hybridized carbons (Fsp3) is 0.562. The van der Waals surface area contributed by atoms with Crippen LogP contribution in [0.2, 0.25) is 0 Å². The van der Waals surface area contributed by atoms with E-state index in [1.54, 1.807) is 18.2 Å². The van der Waals surface area contributed by atoms with Gasteiger partial charge in [-0.3, -0.25) is 0 Å². The van der Waals surface area contributed by atoms with Crippen LogP contribution >= 0.6 is 0 Å². The summed E-state index contributed by atoms with van der Waals surface area (Å²) in [5, 5.41) is 8.95. The summed E-state index contributed by atoms with van der Waals surface area (Å²) in [6.07, 6.45) is 3.83. The number of rotatable bonds is 4. The van der Waals surface area contributed by atoms with Crippen LogP contribution < -0.4 is 0 Å². The topological polar surface area (TPSA) is 46.5 Å². The van der Waals surface area contributed by atoms with E-state index >= 15 is 0 Å². The van der Waals surface area contributed by atoms with Gasteiger partial charge in [0.05, 0.1) is 18.3 Å². The summed E-state index contributed by atoms with van der Waals surface area (Å²) in [6.45, 7) is 5.05. The van der Waals surface area contributed by atoms with E-state index in [0.29, 0.717) is 18.3 Å². The lowest BCUT2D eigenvalue weighted by molar-refractivity contribution is -0.00916. The van der Waals surface area contributed by atoms with E-state index in [2.05, 4.69) is 13.8 Å². The number of carboxylic acid groups (broad SMARTS) is 1. The highest BCUT2D eigenvalue weighted by Crippen LogP contribution is 2.30. The highest BCUT2D eigenvalue weighted by molar-refractivity contribution is 5.87. The number of hydrogen-bond donors (Lipinski definition) is 1. The van der Waals surface area contributed by atoms with Crippen molar-refractivity contribution in [2.45, 2.75) is 45.8 Å². The number of hydrogen-bond acceptors (Lipinski definition) is 2. The standard InChI is InChI=1S/C16H22O3/c1-11-6-12(2)8-15(7-11)19-10-13-4-3-5-14(9-13)16(17)18/h3-5,9,11-12,15H,6-8,10H2,1-2H3,(H,17,18). The number of carbonyl (C=O) groups is 1. The van der Waals surface area contributed by atoms with Gasteiger partial charge in [-0.2, -0.15) is 0 Å². The summed E-state index contributed by atoms with van der Waals surface area (Å²) in [4.78, 5) is 10.9. The quantitative estimate of drug-likeness (QED) is 0.899. The summed E-state index contributed by atoms with van der Waals surface area (Å²) < 4.78 is 5.95. The van der Waals surface area contributed by atoms with Crippen LogP contribution in [-0.4, -0.2) is 17.2 Å². The van der Waals surface area contributed by atoms with Crippen LogP contribution in [0.5, 0.6) is 0 Å². The second-order valence-electron chi connectivity index (χ2n) is 5.86. The van der Waals surface area contributed by atoms with E-state index in [1.165, 1.54) is 6.42 Å². The summed E-state index contributed by atoms with van der Waals surface area (Å²) in [6, 6.07) is 6.99. The fourth-order valence-electron chi connectivity index (χ4n) is 3.02. The molecule has 0 spiro atoms. The Kier molecular flexibility index (Phi) is 4.59. The van der Waals surface area contributed by atoms with Crippen LogP contribution in [0.1, 0.15) is 49.0 Å². The van der Waals surface area contributed by atoms with Crippen LogP contribution in [0.25, 0.3) is 0 Å². The van der Waals surface area contributed by atoms with Crippen LogP contribution in [0.15, 0.2) is 24.3 Å². The molecule has 1 aliphatic rings. The van der Waals surface area contributed by atoms with Gasteiger partial charge in [0.15, 0.2) is 0 Å². The van der Waals surface area contributed by atoms with Gasteiger partial charge in [0, 0.05) is 0 Å². The average Bonchev–Trinajstić information content (AvgIpc) is 2.35. The first-order valence-corrected chi connectivity index (χ1v) is 6.98. The van der Waals surface area contributed by atoms with Gasteiger partial charge in [0.1, 0.15) is 0 Å². The van der Waals surface area contributed by atoms with Crippen molar-refractivity contribution in [3.05, 3.63) is 35.4 Å². The second kappa shape index (κ2) is 6.20. The molecule has 3 heteroatoms. The molecule has 2 atom stereocenters.